The Morgan fingerprint density at radius 1 is 0.963 bits per heavy atom. The maximum Gasteiger partial charge on any atom is 0.137 e. The molecule has 0 amide bonds. The summed E-state index contributed by atoms with van der Waals surface area (Å²) in [6, 6.07) is 8.44. The van der Waals surface area contributed by atoms with Crippen molar-refractivity contribution in [3.63, 3.8) is 0 Å². The van der Waals surface area contributed by atoms with Gasteiger partial charge in [0.15, 0.2) is 0 Å². The number of aromatic nitrogens is 4. The zero-order chi connectivity index (χ0) is 19.1. The second-order valence-electron chi connectivity index (χ2n) is 6.39. The van der Waals surface area contributed by atoms with Gasteiger partial charge < -0.3 is 16.4 Å². The van der Waals surface area contributed by atoms with E-state index in [-0.39, 0.29) is 0 Å². The molecule has 7 heteroatoms. The van der Waals surface area contributed by atoms with Gasteiger partial charge in [-0.1, -0.05) is 0 Å². The van der Waals surface area contributed by atoms with Crippen LogP contribution in [0.4, 0.5) is 0 Å². The molecule has 2 aliphatic rings. The van der Waals surface area contributed by atoms with Crippen LogP contribution in [0.1, 0.15) is 37.2 Å². The molecule has 2 fully saturated rings. The number of nitrogens with zero attached hydrogens (tertiary/aromatic N) is 2. The number of aromatic amines is 2. The third kappa shape index (κ3) is 6.65. The number of hydrogen-bond donors (Lipinski definition) is 2. The van der Waals surface area contributed by atoms with Gasteiger partial charge in [-0.05, 0) is 71.2 Å². The molecule has 2 N–H and O–H groups in total. The van der Waals surface area contributed by atoms with Gasteiger partial charge in [0.05, 0.1) is 0 Å². The quantitative estimate of drug-likeness (QED) is 0.153. The maximum absolute atomic E-state index is 4.35. The summed E-state index contributed by atoms with van der Waals surface area (Å²) in [5.41, 5.74) is 3.36. The van der Waals surface area contributed by atoms with E-state index in [1.54, 1.807) is 0 Å². The van der Waals surface area contributed by atoms with Crippen LogP contribution in [0.2, 0.25) is 0 Å². The van der Waals surface area contributed by atoms with Crippen LogP contribution in [-0.4, -0.2) is 19.9 Å². The van der Waals surface area contributed by atoms with Crippen molar-refractivity contribution in [2.24, 2.45) is 0 Å². The fourth-order valence-corrected chi connectivity index (χ4v) is 2.98. The molecule has 2 aliphatic carbocycles. The Morgan fingerprint density at radius 3 is 2.07 bits per heavy atom. The van der Waals surface area contributed by atoms with E-state index in [1.807, 2.05) is 30.9 Å². The first-order chi connectivity index (χ1) is 13.3. The summed E-state index contributed by atoms with van der Waals surface area (Å²) in [6.07, 6.45) is 15.4. The molecular formula is C20H20BrIN4Zn. The maximum atomic E-state index is 4.35. The minimum Gasteiger partial charge on any atom is -0.346 e. The largest absolute Gasteiger partial charge is 0.346 e. The molecular weight excluding hydrogens is 568 g/mol. The van der Waals surface area contributed by atoms with Crippen molar-refractivity contribution in [3.05, 3.63) is 64.6 Å². The number of hydrogen-bond acceptors (Lipinski definition) is 2. The van der Waals surface area contributed by atoms with Crippen LogP contribution in [0.5, 0.6) is 0 Å². The van der Waals surface area contributed by atoms with E-state index < -0.39 is 0 Å². The third-order valence-corrected chi connectivity index (χ3v) is 4.72. The SMILES string of the molecule is Ic1cnc2[nH]ccc2c1.[CH-]1CC1.[Zn+][Br].c1cc2cc(C3CC3)cnc2[nH]1. The first-order valence-electron chi connectivity index (χ1n) is 8.89. The van der Waals surface area contributed by atoms with Gasteiger partial charge in [0, 0.05) is 39.1 Å². The molecule has 136 valence electrons. The van der Waals surface area contributed by atoms with Crippen molar-refractivity contribution in [3.8, 4) is 0 Å². The Hall–Kier alpha value is -0.787. The zero-order valence-corrected chi connectivity index (χ0v) is 21.7. The Bertz CT molecular complexity index is 975. The van der Waals surface area contributed by atoms with Crippen LogP contribution in [0, 0.1) is 9.99 Å². The summed E-state index contributed by atoms with van der Waals surface area (Å²) in [5, 5.41) is 2.41. The number of H-pyrrole nitrogens is 2. The van der Waals surface area contributed by atoms with Gasteiger partial charge in [-0.15, -0.1) is 0 Å². The fourth-order valence-electron chi connectivity index (χ4n) is 2.51. The number of pyridine rings is 2. The number of fused-ring (bicyclic) bond motifs is 2. The Labute approximate surface area is 189 Å². The molecule has 0 spiro atoms. The first kappa shape index (κ1) is 20.9. The molecule has 0 radical (unpaired) electrons. The van der Waals surface area contributed by atoms with E-state index in [0.717, 1.165) is 17.2 Å². The molecule has 0 bridgehead atoms. The van der Waals surface area contributed by atoms with Crippen molar-refractivity contribution in [1.82, 2.24) is 19.9 Å². The van der Waals surface area contributed by atoms with E-state index in [1.165, 1.54) is 61.9 Å². The summed E-state index contributed by atoms with van der Waals surface area (Å²) in [7, 11) is 0. The van der Waals surface area contributed by atoms with Crippen LogP contribution in [0.25, 0.3) is 22.1 Å². The second-order valence-corrected chi connectivity index (χ2v) is 7.64. The topological polar surface area (TPSA) is 57.4 Å². The van der Waals surface area contributed by atoms with Crippen LogP contribution >= 0.6 is 36.2 Å². The van der Waals surface area contributed by atoms with Gasteiger partial charge in [-0.2, -0.15) is 0 Å². The van der Waals surface area contributed by atoms with Crippen molar-refractivity contribution in [2.45, 2.75) is 31.6 Å². The summed E-state index contributed by atoms with van der Waals surface area (Å²) in [6.45, 7) is 0. The first-order valence-corrected chi connectivity index (χ1v) is 16.9. The second kappa shape index (κ2) is 10.7. The number of rotatable bonds is 1. The molecule has 6 rings (SSSR count). The molecule has 2 saturated carbocycles. The van der Waals surface area contributed by atoms with Gasteiger partial charge >= 0.3 is 30.0 Å². The molecule has 4 aromatic heterocycles. The smallest absolute Gasteiger partial charge is 0.137 e. The van der Waals surface area contributed by atoms with Gasteiger partial charge in [-0.3, -0.25) is 0 Å². The average Bonchev–Trinajstić information content (AvgIpc) is 3.65. The monoisotopic (exact) mass is 586 g/mol. The van der Waals surface area contributed by atoms with Crippen LogP contribution in [0.3, 0.4) is 0 Å². The van der Waals surface area contributed by atoms with Crippen molar-refractivity contribution < 1.29 is 16.3 Å². The molecule has 0 unspecified atom stereocenters. The van der Waals surface area contributed by atoms with Crippen molar-refractivity contribution in [2.75, 3.05) is 0 Å². The Kier molecular flexibility index (Phi) is 8.28. The summed E-state index contributed by atoms with van der Waals surface area (Å²) in [5.74, 6) is 0.803. The molecule has 0 aromatic carbocycles. The van der Waals surface area contributed by atoms with Gasteiger partial charge in [0.1, 0.15) is 11.3 Å². The van der Waals surface area contributed by atoms with E-state index in [9.17, 15) is 0 Å². The molecule has 0 aliphatic heterocycles. The van der Waals surface area contributed by atoms with E-state index >= 15 is 0 Å². The molecule has 4 heterocycles. The van der Waals surface area contributed by atoms with Crippen LogP contribution < -0.4 is 0 Å². The minimum atomic E-state index is 0.803. The molecule has 4 nitrogen and oxygen atoms in total. The Balaban J connectivity index is 0.000000127. The Morgan fingerprint density at radius 2 is 1.52 bits per heavy atom. The van der Waals surface area contributed by atoms with E-state index in [2.05, 4.69) is 80.8 Å². The molecule has 4 aromatic rings. The summed E-state index contributed by atoms with van der Waals surface area (Å²) >= 11 is 6.50. The molecule has 0 saturated heterocycles. The van der Waals surface area contributed by atoms with Crippen LogP contribution in [0.15, 0.2) is 49.1 Å². The number of nitrogens with one attached hydrogen (secondary N) is 2. The van der Waals surface area contributed by atoms with Crippen molar-refractivity contribution >= 4 is 58.3 Å². The van der Waals surface area contributed by atoms with E-state index in [0.29, 0.717) is 0 Å². The third-order valence-electron chi connectivity index (χ3n) is 4.13. The zero-order valence-electron chi connectivity index (χ0n) is 15.0. The minimum absolute atomic E-state index is 0.803. The predicted octanol–water partition coefficient (Wildman–Crippen LogP) is 6.44. The number of halogens is 2. The van der Waals surface area contributed by atoms with Crippen LogP contribution in [-0.2, 0) is 16.3 Å². The molecule has 27 heavy (non-hydrogen) atoms. The van der Waals surface area contributed by atoms with E-state index in [4.69, 9.17) is 0 Å². The standard InChI is InChI=1S/C10H10N2.C7H5IN2.C3H5.BrH.Zn/c1-2-7(1)9-5-8-3-4-11-10(8)12-6-9;8-6-3-5-1-2-9-7(5)10-4-6;1-2-3-1;;/h3-7H,1-2H2,(H,11,12);1-4H,(H,9,10);1H,2-3H2;1H;/q;;-1;;+2/p-1. The average molecular weight is 589 g/mol. The van der Waals surface area contributed by atoms with Gasteiger partial charge in [-0.25, -0.2) is 22.8 Å². The molecule has 0 atom stereocenters. The fraction of sp³-hybridized carbons (Fsp3) is 0.250. The summed E-state index contributed by atoms with van der Waals surface area (Å²) < 4.78 is 1.17. The van der Waals surface area contributed by atoms with Gasteiger partial charge in [0.2, 0.25) is 0 Å². The predicted molar refractivity (Wildman–Crippen MR) is 119 cm³/mol. The summed E-state index contributed by atoms with van der Waals surface area (Å²) in [4.78, 5) is 14.7. The van der Waals surface area contributed by atoms with Crippen molar-refractivity contribution in [1.29, 1.82) is 0 Å². The van der Waals surface area contributed by atoms with Gasteiger partial charge in [0.25, 0.3) is 0 Å². The normalized spacial score (nSPS) is 14.4.